The van der Waals surface area contributed by atoms with Gasteiger partial charge in [0.2, 0.25) is 11.9 Å². The van der Waals surface area contributed by atoms with E-state index >= 15 is 0 Å². The summed E-state index contributed by atoms with van der Waals surface area (Å²) in [5.41, 5.74) is 0.310. The molecule has 1 saturated heterocycles. The molecule has 0 spiro atoms. The molecule has 0 radical (unpaired) electrons. The normalized spacial score (nSPS) is 19.2. The highest BCUT2D eigenvalue weighted by atomic mass is 16.5. The van der Waals surface area contributed by atoms with Gasteiger partial charge in [-0.3, -0.25) is 0 Å². The molecular formula is C15H27N5O. The highest BCUT2D eigenvalue weighted by Crippen LogP contribution is 2.35. The van der Waals surface area contributed by atoms with Gasteiger partial charge < -0.3 is 15.0 Å². The zero-order chi connectivity index (χ0) is 15.6. The Morgan fingerprint density at radius 3 is 2.48 bits per heavy atom. The molecule has 6 heteroatoms. The number of aromatic nitrogens is 3. The molecule has 0 amide bonds. The van der Waals surface area contributed by atoms with Crippen LogP contribution in [-0.4, -0.2) is 41.2 Å². The van der Waals surface area contributed by atoms with Crippen molar-refractivity contribution in [2.75, 3.05) is 30.4 Å². The van der Waals surface area contributed by atoms with E-state index in [9.17, 15) is 0 Å². The van der Waals surface area contributed by atoms with Crippen LogP contribution >= 0.6 is 0 Å². The molecule has 0 saturated carbocycles. The molecule has 1 N–H and O–H groups in total. The van der Waals surface area contributed by atoms with E-state index in [1.54, 1.807) is 7.05 Å². The van der Waals surface area contributed by atoms with Gasteiger partial charge >= 0.3 is 6.01 Å². The van der Waals surface area contributed by atoms with Crippen molar-refractivity contribution in [2.24, 2.45) is 11.3 Å². The van der Waals surface area contributed by atoms with Gasteiger partial charge in [-0.25, -0.2) is 0 Å². The van der Waals surface area contributed by atoms with Crippen molar-refractivity contribution in [1.29, 1.82) is 0 Å². The third kappa shape index (κ3) is 3.95. The quantitative estimate of drug-likeness (QED) is 0.920. The van der Waals surface area contributed by atoms with E-state index in [-0.39, 0.29) is 6.10 Å². The molecule has 1 unspecified atom stereocenters. The smallest absolute Gasteiger partial charge is 0.323 e. The Kier molecular flexibility index (Phi) is 4.54. The second-order valence-corrected chi connectivity index (χ2v) is 6.96. The van der Waals surface area contributed by atoms with E-state index in [1.807, 2.05) is 13.8 Å². The Bertz CT molecular complexity index is 483. The third-order valence-corrected chi connectivity index (χ3v) is 3.86. The first-order chi connectivity index (χ1) is 9.79. The summed E-state index contributed by atoms with van der Waals surface area (Å²) in [5, 5.41) is 2.98. The number of hydrogen-bond acceptors (Lipinski definition) is 6. The Balaban J connectivity index is 2.19. The molecule has 1 aliphatic heterocycles. The Labute approximate surface area is 127 Å². The maximum absolute atomic E-state index is 5.62. The lowest BCUT2D eigenvalue weighted by Gasteiger charge is -2.27. The van der Waals surface area contributed by atoms with Gasteiger partial charge in [0.15, 0.2) is 0 Å². The van der Waals surface area contributed by atoms with Crippen LogP contribution in [0.3, 0.4) is 0 Å². The first-order valence-corrected chi connectivity index (χ1v) is 7.65. The van der Waals surface area contributed by atoms with E-state index in [2.05, 4.69) is 45.9 Å². The number of rotatable bonds is 4. The van der Waals surface area contributed by atoms with E-state index in [1.165, 1.54) is 6.42 Å². The highest BCUT2D eigenvalue weighted by molar-refractivity contribution is 5.39. The summed E-state index contributed by atoms with van der Waals surface area (Å²) >= 11 is 0. The average Bonchev–Trinajstić information content (AvgIpc) is 2.86. The number of anilines is 2. The molecule has 21 heavy (non-hydrogen) atoms. The number of ether oxygens (including phenoxy) is 1. The maximum atomic E-state index is 5.62. The van der Waals surface area contributed by atoms with Crippen molar-refractivity contribution in [2.45, 2.75) is 47.1 Å². The van der Waals surface area contributed by atoms with Crippen LogP contribution in [0.1, 0.15) is 41.0 Å². The zero-order valence-electron chi connectivity index (χ0n) is 14.0. The lowest BCUT2D eigenvalue weighted by molar-refractivity contribution is 0.222. The topological polar surface area (TPSA) is 63.2 Å². The SMILES string of the molecule is CNc1nc(OC(C)C)nc(N2CCC(C(C)(C)C)C2)n1. The summed E-state index contributed by atoms with van der Waals surface area (Å²) in [4.78, 5) is 15.4. The fraction of sp³-hybridized carbons (Fsp3) is 0.800. The number of nitrogens with zero attached hydrogens (tertiary/aromatic N) is 4. The first-order valence-electron chi connectivity index (χ1n) is 7.65. The van der Waals surface area contributed by atoms with Gasteiger partial charge in [0.1, 0.15) is 0 Å². The van der Waals surface area contributed by atoms with Gasteiger partial charge in [-0.2, -0.15) is 15.0 Å². The van der Waals surface area contributed by atoms with Crippen molar-refractivity contribution in [3.05, 3.63) is 0 Å². The Morgan fingerprint density at radius 2 is 1.95 bits per heavy atom. The largest absolute Gasteiger partial charge is 0.461 e. The number of nitrogens with one attached hydrogen (secondary N) is 1. The van der Waals surface area contributed by atoms with Crippen molar-refractivity contribution < 1.29 is 4.74 Å². The second kappa shape index (κ2) is 6.03. The average molecular weight is 293 g/mol. The molecule has 6 nitrogen and oxygen atoms in total. The lowest BCUT2D eigenvalue weighted by atomic mass is 9.80. The summed E-state index contributed by atoms with van der Waals surface area (Å²) in [6.45, 7) is 12.8. The van der Waals surface area contributed by atoms with E-state index < -0.39 is 0 Å². The summed E-state index contributed by atoms with van der Waals surface area (Å²) in [6.07, 6.45) is 1.22. The maximum Gasteiger partial charge on any atom is 0.323 e. The molecule has 2 heterocycles. The highest BCUT2D eigenvalue weighted by Gasteiger charge is 2.33. The summed E-state index contributed by atoms with van der Waals surface area (Å²) in [5.74, 6) is 1.91. The minimum Gasteiger partial charge on any atom is -0.461 e. The van der Waals surface area contributed by atoms with Crippen LogP contribution in [0, 0.1) is 11.3 Å². The van der Waals surface area contributed by atoms with Crippen molar-refractivity contribution in [3.63, 3.8) is 0 Å². The van der Waals surface area contributed by atoms with Crippen LogP contribution in [0.4, 0.5) is 11.9 Å². The van der Waals surface area contributed by atoms with Gasteiger partial charge in [-0.05, 0) is 31.6 Å². The molecule has 118 valence electrons. The zero-order valence-corrected chi connectivity index (χ0v) is 14.0. The Hall–Kier alpha value is -1.59. The van der Waals surface area contributed by atoms with E-state index in [4.69, 9.17) is 4.74 Å². The molecule has 0 aliphatic carbocycles. The van der Waals surface area contributed by atoms with Gasteiger partial charge in [0.25, 0.3) is 0 Å². The number of hydrogen-bond donors (Lipinski definition) is 1. The van der Waals surface area contributed by atoms with Crippen LogP contribution < -0.4 is 15.0 Å². The van der Waals surface area contributed by atoms with Crippen LogP contribution in [-0.2, 0) is 0 Å². The molecule has 1 fully saturated rings. The standard InChI is InChI=1S/C15H27N5O/c1-10(2)21-14-18-12(16-6)17-13(19-14)20-8-7-11(9-20)15(3,4)5/h10-11H,7-9H2,1-6H3,(H,16,17,18,19). The molecular weight excluding hydrogens is 266 g/mol. The monoisotopic (exact) mass is 293 g/mol. The fourth-order valence-corrected chi connectivity index (χ4v) is 2.51. The predicted octanol–water partition coefficient (Wildman–Crippen LogP) is 2.57. The molecule has 1 aromatic heterocycles. The third-order valence-electron chi connectivity index (χ3n) is 3.86. The van der Waals surface area contributed by atoms with Crippen LogP contribution in [0.15, 0.2) is 0 Å². The van der Waals surface area contributed by atoms with Crippen molar-refractivity contribution in [3.8, 4) is 6.01 Å². The first kappa shape index (κ1) is 15.8. The molecule has 1 atom stereocenters. The Morgan fingerprint density at radius 1 is 1.24 bits per heavy atom. The second-order valence-electron chi connectivity index (χ2n) is 6.96. The van der Waals surface area contributed by atoms with E-state index in [0.717, 1.165) is 13.1 Å². The van der Waals surface area contributed by atoms with Gasteiger partial charge in [-0.15, -0.1) is 0 Å². The van der Waals surface area contributed by atoms with Crippen LogP contribution in [0.5, 0.6) is 6.01 Å². The summed E-state index contributed by atoms with van der Waals surface area (Å²) in [7, 11) is 1.81. The molecule has 1 aliphatic rings. The van der Waals surface area contributed by atoms with Gasteiger partial charge in [-0.1, -0.05) is 20.8 Å². The predicted molar refractivity (Wildman–Crippen MR) is 84.9 cm³/mol. The molecule has 1 aromatic rings. The summed E-state index contributed by atoms with van der Waals surface area (Å²) in [6, 6.07) is 0.388. The minimum atomic E-state index is 0.0471. The van der Waals surface area contributed by atoms with Crippen molar-refractivity contribution >= 4 is 11.9 Å². The van der Waals surface area contributed by atoms with Crippen LogP contribution in [0.2, 0.25) is 0 Å². The molecule has 0 aromatic carbocycles. The van der Waals surface area contributed by atoms with E-state index in [0.29, 0.717) is 29.2 Å². The summed E-state index contributed by atoms with van der Waals surface area (Å²) < 4.78 is 5.62. The van der Waals surface area contributed by atoms with Crippen LogP contribution in [0.25, 0.3) is 0 Å². The van der Waals surface area contributed by atoms with Gasteiger partial charge in [0.05, 0.1) is 6.10 Å². The minimum absolute atomic E-state index is 0.0471. The fourth-order valence-electron chi connectivity index (χ4n) is 2.51. The molecule has 0 bridgehead atoms. The van der Waals surface area contributed by atoms with Gasteiger partial charge in [0, 0.05) is 20.1 Å². The lowest BCUT2D eigenvalue weighted by Crippen LogP contribution is -2.27. The molecule has 2 rings (SSSR count). The van der Waals surface area contributed by atoms with Crippen molar-refractivity contribution in [1.82, 2.24) is 15.0 Å².